The standard InChI is InChI=1S/C14H22N2O2/c1-4-10(3)9-16-14(17)11-6-7-13(18-5-2)12(15)8-11/h6-8,10H,4-5,9,15H2,1-3H3,(H,16,17). The second-order valence-corrected chi connectivity index (χ2v) is 4.41. The molecule has 18 heavy (non-hydrogen) atoms. The topological polar surface area (TPSA) is 64.3 Å². The lowest BCUT2D eigenvalue weighted by atomic mass is 10.1. The van der Waals surface area contributed by atoms with Crippen molar-refractivity contribution in [3.63, 3.8) is 0 Å². The summed E-state index contributed by atoms with van der Waals surface area (Å²) < 4.78 is 5.33. The van der Waals surface area contributed by atoms with E-state index in [9.17, 15) is 4.79 Å². The zero-order valence-electron chi connectivity index (χ0n) is 11.3. The van der Waals surface area contributed by atoms with Gasteiger partial charge in [-0.2, -0.15) is 0 Å². The average Bonchev–Trinajstić information content (AvgIpc) is 2.38. The van der Waals surface area contributed by atoms with Gasteiger partial charge in [-0.3, -0.25) is 4.79 Å². The van der Waals surface area contributed by atoms with Gasteiger partial charge in [-0.25, -0.2) is 0 Å². The van der Waals surface area contributed by atoms with E-state index in [0.717, 1.165) is 6.42 Å². The first-order chi connectivity index (χ1) is 8.58. The Bertz CT molecular complexity index is 405. The Kier molecular flexibility index (Phi) is 5.49. The number of nitrogens with two attached hydrogens (primary N) is 1. The molecule has 0 aliphatic rings. The molecule has 0 aliphatic carbocycles. The van der Waals surface area contributed by atoms with E-state index in [0.29, 0.717) is 36.1 Å². The summed E-state index contributed by atoms with van der Waals surface area (Å²) in [4.78, 5) is 11.9. The van der Waals surface area contributed by atoms with E-state index >= 15 is 0 Å². The maximum Gasteiger partial charge on any atom is 0.251 e. The molecule has 4 nitrogen and oxygen atoms in total. The van der Waals surface area contributed by atoms with Crippen molar-refractivity contribution in [2.24, 2.45) is 5.92 Å². The van der Waals surface area contributed by atoms with Crippen molar-refractivity contribution in [1.29, 1.82) is 0 Å². The van der Waals surface area contributed by atoms with Crippen molar-refractivity contribution in [1.82, 2.24) is 5.32 Å². The van der Waals surface area contributed by atoms with Gasteiger partial charge in [0.2, 0.25) is 0 Å². The summed E-state index contributed by atoms with van der Waals surface area (Å²) in [5.74, 6) is 1.01. The molecule has 1 unspecified atom stereocenters. The smallest absolute Gasteiger partial charge is 0.251 e. The molecule has 1 aromatic rings. The lowest BCUT2D eigenvalue weighted by Gasteiger charge is -2.11. The van der Waals surface area contributed by atoms with Gasteiger partial charge in [-0.1, -0.05) is 20.3 Å². The van der Waals surface area contributed by atoms with Crippen LogP contribution in [0.5, 0.6) is 5.75 Å². The largest absolute Gasteiger partial charge is 0.492 e. The highest BCUT2D eigenvalue weighted by Crippen LogP contribution is 2.22. The van der Waals surface area contributed by atoms with E-state index in [1.54, 1.807) is 18.2 Å². The van der Waals surface area contributed by atoms with Gasteiger partial charge in [0, 0.05) is 12.1 Å². The van der Waals surface area contributed by atoms with Crippen LogP contribution in [-0.4, -0.2) is 19.1 Å². The zero-order valence-corrected chi connectivity index (χ0v) is 11.3. The van der Waals surface area contributed by atoms with Gasteiger partial charge in [0.1, 0.15) is 5.75 Å². The first kappa shape index (κ1) is 14.4. The predicted octanol–water partition coefficient (Wildman–Crippen LogP) is 2.44. The summed E-state index contributed by atoms with van der Waals surface area (Å²) in [7, 11) is 0. The van der Waals surface area contributed by atoms with Crippen molar-refractivity contribution in [3.05, 3.63) is 23.8 Å². The van der Waals surface area contributed by atoms with E-state index in [2.05, 4.69) is 19.2 Å². The summed E-state index contributed by atoms with van der Waals surface area (Å²) in [6, 6.07) is 5.11. The number of amides is 1. The highest BCUT2D eigenvalue weighted by molar-refractivity contribution is 5.95. The molecule has 0 aliphatic heterocycles. The van der Waals surface area contributed by atoms with Crippen molar-refractivity contribution in [2.45, 2.75) is 27.2 Å². The summed E-state index contributed by atoms with van der Waals surface area (Å²) in [6.07, 6.45) is 1.05. The highest BCUT2D eigenvalue weighted by atomic mass is 16.5. The Morgan fingerprint density at radius 2 is 2.17 bits per heavy atom. The van der Waals surface area contributed by atoms with Crippen molar-refractivity contribution < 1.29 is 9.53 Å². The van der Waals surface area contributed by atoms with E-state index in [1.165, 1.54) is 0 Å². The van der Waals surface area contributed by atoms with Gasteiger partial charge in [0.05, 0.1) is 12.3 Å². The van der Waals surface area contributed by atoms with Crippen LogP contribution in [-0.2, 0) is 0 Å². The SMILES string of the molecule is CCOc1ccc(C(=O)NCC(C)CC)cc1N. The van der Waals surface area contributed by atoms with Crippen LogP contribution in [0.25, 0.3) is 0 Å². The summed E-state index contributed by atoms with van der Waals surface area (Å²) in [5.41, 5.74) is 6.88. The number of rotatable bonds is 6. The van der Waals surface area contributed by atoms with Crippen LogP contribution in [0, 0.1) is 5.92 Å². The molecule has 1 atom stereocenters. The van der Waals surface area contributed by atoms with E-state index in [-0.39, 0.29) is 5.91 Å². The molecule has 0 aromatic heterocycles. The molecule has 0 heterocycles. The Balaban J connectivity index is 2.66. The molecule has 0 radical (unpaired) electrons. The average molecular weight is 250 g/mol. The summed E-state index contributed by atoms with van der Waals surface area (Å²) in [5, 5.41) is 2.89. The van der Waals surface area contributed by atoms with Crippen LogP contribution in [0.15, 0.2) is 18.2 Å². The number of carbonyl (C=O) groups excluding carboxylic acids is 1. The van der Waals surface area contributed by atoms with Crippen molar-refractivity contribution in [2.75, 3.05) is 18.9 Å². The van der Waals surface area contributed by atoms with Gasteiger partial charge >= 0.3 is 0 Å². The lowest BCUT2D eigenvalue weighted by Crippen LogP contribution is -2.28. The number of nitrogens with one attached hydrogen (secondary N) is 1. The van der Waals surface area contributed by atoms with Gasteiger partial charge in [-0.05, 0) is 31.0 Å². The number of hydrogen-bond donors (Lipinski definition) is 2. The Hall–Kier alpha value is -1.71. The Morgan fingerprint density at radius 1 is 1.44 bits per heavy atom. The molecule has 100 valence electrons. The fourth-order valence-electron chi connectivity index (χ4n) is 1.49. The minimum atomic E-state index is -0.0925. The minimum Gasteiger partial charge on any atom is -0.492 e. The van der Waals surface area contributed by atoms with Crippen LogP contribution < -0.4 is 15.8 Å². The third-order valence-corrected chi connectivity index (χ3v) is 2.88. The molecular formula is C14H22N2O2. The molecule has 0 fully saturated rings. The minimum absolute atomic E-state index is 0.0925. The lowest BCUT2D eigenvalue weighted by molar-refractivity contribution is 0.0948. The number of hydrogen-bond acceptors (Lipinski definition) is 3. The maximum atomic E-state index is 11.9. The zero-order chi connectivity index (χ0) is 13.5. The van der Waals surface area contributed by atoms with Crippen LogP contribution in [0.3, 0.4) is 0 Å². The van der Waals surface area contributed by atoms with E-state index in [1.807, 2.05) is 6.92 Å². The highest BCUT2D eigenvalue weighted by Gasteiger charge is 2.09. The fraction of sp³-hybridized carbons (Fsp3) is 0.500. The molecular weight excluding hydrogens is 228 g/mol. The molecule has 0 bridgehead atoms. The fourth-order valence-corrected chi connectivity index (χ4v) is 1.49. The Morgan fingerprint density at radius 3 is 2.72 bits per heavy atom. The second-order valence-electron chi connectivity index (χ2n) is 4.41. The number of benzene rings is 1. The number of ether oxygens (including phenoxy) is 1. The van der Waals surface area contributed by atoms with Crippen LogP contribution in [0.2, 0.25) is 0 Å². The monoisotopic (exact) mass is 250 g/mol. The normalized spacial score (nSPS) is 11.9. The third-order valence-electron chi connectivity index (χ3n) is 2.88. The third kappa shape index (κ3) is 3.95. The van der Waals surface area contributed by atoms with Crippen LogP contribution in [0.1, 0.15) is 37.6 Å². The predicted molar refractivity (Wildman–Crippen MR) is 73.8 cm³/mol. The van der Waals surface area contributed by atoms with Crippen LogP contribution >= 0.6 is 0 Å². The molecule has 0 spiro atoms. The quantitative estimate of drug-likeness (QED) is 0.762. The molecule has 0 saturated carbocycles. The first-order valence-electron chi connectivity index (χ1n) is 6.39. The van der Waals surface area contributed by atoms with Gasteiger partial charge in [0.25, 0.3) is 5.91 Å². The second kappa shape index (κ2) is 6.89. The molecule has 1 rings (SSSR count). The van der Waals surface area contributed by atoms with Crippen LogP contribution in [0.4, 0.5) is 5.69 Å². The summed E-state index contributed by atoms with van der Waals surface area (Å²) in [6.45, 7) is 7.34. The van der Waals surface area contributed by atoms with Crippen molar-refractivity contribution in [3.8, 4) is 5.75 Å². The summed E-state index contributed by atoms with van der Waals surface area (Å²) >= 11 is 0. The maximum absolute atomic E-state index is 11.9. The van der Waals surface area contributed by atoms with Crippen molar-refractivity contribution >= 4 is 11.6 Å². The number of nitrogen functional groups attached to an aromatic ring is 1. The molecule has 1 aromatic carbocycles. The Labute approximate surface area is 109 Å². The molecule has 4 heteroatoms. The van der Waals surface area contributed by atoms with Gasteiger partial charge in [0.15, 0.2) is 0 Å². The van der Waals surface area contributed by atoms with Gasteiger partial charge in [-0.15, -0.1) is 0 Å². The number of anilines is 1. The van der Waals surface area contributed by atoms with Gasteiger partial charge < -0.3 is 15.8 Å². The molecule has 3 N–H and O–H groups in total. The molecule has 1 amide bonds. The number of carbonyl (C=O) groups is 1. The van der Waals surface area contributed by atoms with E-state index < -0.39 is 0 Å². The molecule has 0 saturated heterocycles. The first-order valence-corrected chi connectivity index (χ1v) is 6.39. The van der Waals surface area contributed by atoms with E-state index in [4.69, 9.17) is 10.5 Å².